The van der Waals surface area contributed by atoms with Crippen molar-refractivity contribution in [1.82, 2.24) is 0 Å². The molecule has 2 aromatic rings. The fraction of sp³-hybridized carbons (Fsp3) is 0.188. The van der Waals surface area contributed by atoms with Crippen LogP contribution >= 0.6 is 0 Å². The normalized spacial score (nSPS) is 10.3. The first-order valence-electron chi connectivity index (χ1n) is 6.15. The Morgan fingerprint density at radius 1 is 1.10 bits per heavy atom. The van der Waals surface area contributed by atoms with Crippen LogP contribution in [0.2, 0.25) is 0 Å². The summed E-state index contributed by atoms with van der Waals surface area (Å²) in [6, 6.07) is 12.5. The van der Waals surface area contributed by atoms with E-state index < -0.39 is 5.97 Å². The van der Waals surface area contributed by atoms with Gasteiger partial charge >= 0.3 is 5.97 Å². The van der Waals surface area contributed by atoms with Crippen molar-refractivity contribution in [3.63, 3.8) is 0 Å². The summed E-state index contributed by atoms with van der Waals surface area (Å²) in [6.45, 7) is 0.465. The summed E-state index contributed by atoms with van der Waals surface area (Å²) in [5.41, 5.74) is 3.22. The van der Waals surface area contributed by atoms with Gasteiger partial charge in [-0.3, -0.25) is 0 Å². The smallest absolute Gasteiger partial charge is 0.335 e. The molecule has 0 unspecified atom stereocenters. The first-order valence-corrected chi connectivity index (χ1v) is 6.15. The molecule has 0 heterocycles. The van der Waals surface area contributed by atoms with Crippen LogP contribution in [0, 0.1) is 0 Å². The van der Waals surface area contributed by atoms with E-state index in [1.165, 1.54) is 0 Å². The second kappa shape index (κ2) is 6.21. The van der Waals surface area contributed by atoms with Crippen molar-refractivity contribution in [2.75, 3.05) is 14.2 Å². The fourth-order valence-electron chi connectivity index (χ4n) is 2.05. The van der Waals surface area contributed by atoms with Gasteiger partial charge in [-0.25, -0.2) is 4.79 Å². The minimum atomic E-state index is -0.927. The number of hydrogen-bond acceptors (Lipinski definition) is 3. The first kappa shape index (κ1) is 14.1. The second-order valence-corrected chi connectivity index (χ2v) is 4.34. The minimum absolute atomic E-state index is 0.274. The van der Waals surface area contributed by atoms with Gasteiger partial charge in [0.05, 0.1) is 19.3 Å². The number of methoxy groups -OCH3 is 2. The number of hydrogen-bond donors (Lipinski definition) is 1. The number of benzene rings is 2. The predicted octanol–water partition coefficient (Wildman–Crippen LogP) is 3.21. The molecular weight excluding hydrogens is 256 g/mol. The van der Waals surface area contributed by atoms with Gasteiger partial charge in [0.2, 0.25) is 0 Å². The molecule has 0 spiro atoms. The molecule has 104 valence electrons. The average molecular weight is 272 g/mol. The van der Waals surface area contributed by atoms with Gasteiger partial charge in [-0.1, -0.05) is 18.2 Å². The Bertz CT molecular complexity index is 602. The van der Waals surface area contributed by atoms with E-state index in [-0.39, 0.29) is 5.56 Å². The van der Waals surface area contributed by atoms with Gasteiger partial charge in [-0.2, -0.15) is 0 Å². The Balaban J connectivity index is 2.42. The molecule has 2 aromatic carbocycles. The van der Waals surface area contributed by atoms with E-state index in [2.05, 4.69) is 0 Å². The number of carboxylic acids is 1. The summed E-state index contributed by atoms with van der Waals surface area (Å²) in [7, 11) is 3.25. The molecule has 0 aliphatic heterocycles. The lowest BCUT2D eigenvalue weighted by molar-refractivity contribution is 0.0697. The number of ether oxygens (including phenoxy) is 2. The third-order valence-electron chi connectivity index (χ3n) is 3.06. The zero-order chi connectivity index (χ0) is 14.5. The van der Waals surface area contributed by atoms with Crippen LogP contribution in [0.5, 0.6) is 5.75 Å². The van der Waals surface area contributed by atoms with Crippen LogP contribution in [-0.4, -0.2) is 25.3 Å². The molecule has 0 atom stereocenters. The van der Waals surface area contributed by atoms with Crippen LogP contribution in [0.25, 0.3) is 11.1 Å². The fourth-order valence-corrected chi connectivity index (χ4v) is 2.05. The van der Waals surface area contributed by atoms with Crippen LogP contribution in [0.3, 0.4) is 0 Å². The maximum atomic E-state index is 10.9. The highest BCUT2D eigenvalue weighted by molar-refractivity contribution is 5.88. The van der Waals surface area contributed by atoms with Crippen molar-refractivity contribution in [3.05, 3.63) is 53.6 Å². The van der Waals surface area contributed by atoms with Gasteiger partial charge in [0.1, 0.15) is 5.75 Å². The van der Waals surface area contributed by atoms with Crippen LogP contribution in [0.4, 0.5) is 0 Å². The zero-order valence-corrected chi connectivity index (χ0v) is 11.4. The number of carboxylic acid groups (broad SMARTS) is 1. The molecule has 0 amide bonds. The maximum absolute atomic E-state index is 10.9. The van der Waals surface area contributed by atoms with Gasteiger partial charge in [-0.05, 0) is 41.0 Å². The Labute approximate surface area is 117 Å². The molecule has 0 aliphatic carbocycles. The molecule has 0 bridgehead atoms. The topological polar surface area (TPSA) is 55.8 Å². The summed E-state index contributed by atoms with van der Waals surface area (Å²) in [4.78, 5) is 10.9. The maximum Gasteiger partial charge on any atom is 0.335 e. The molecule has 0 aliphatic rings. The third kappa shape index (κ3) is 2.97. The Morgan fingerprint density at radius 3 is 2.35 bits per heavy atom. The van der Waals surface area contributed by atoms with E-state index in [9.17, 15) is 4.79 Å². The molecule has 0 fully saturated rings. The Hall–Kier alpha value is -2.33. The zero-order valence-electron chi connectivity index (χ0n) is 11.4. The molecule has 20 heavy (non-hydrogen) atoms. The second-order valence-electron chi connectivity index (χ2n) is 4.34. The van der Waals surface area contributed by atoms with Crippen molar-refractivity contribution in [3.8, 4) is 16.9 Å². The van der Waals surface area contributed by atoms with Gasteiger partial charge in [-0.15, -0.1) is 0 Å². The van der Waals surface area contributed by atoms with E-state index in [0.29, 0.717) is 6.61 Å². The third-order valence-corrected chi connectivity index (χ3v) is 3.06. The minimum Gasteiger partial charge on any atom is -0.497 e. The standard InChI is InChI=1S/C16H16O4/c1-19-10-13-9-14(20-2)7-8-15(13)11-3-5-12(6-4-11)16(17)18/h3-9H,10H2,1-2H3,(H,17,18). The number of aromatic carboxylic acids is 1. The highest BCUT2D eigenvalue weighted by Gasteiger charge is 2.08. The van der Waals surface area contributed by atoms with Crippen molar-refractivity contribution in [2.45, 2.75) is 6.61 Å². The summed E-state index contributed by atoms with van der Waals surface area (Å²) in [6.07, 6.45) is 0. The quantitative estimate of drug-likeness (QED) is 0.908. The van der Waals surface area contributed by atoms with Crippen molar-refractivity contribution >= 4 is 5.97 Å². The molecule has 4 heteroatoms. The lowest BCUT2D eigenvalue weighted by Crippen LogP contribution is -1.97. The first-order chi connectivity index (χ1) is 9.65. The summed E-state index contributed by atoms with van der Waals surface area (Å²) in [5, 5.41) is 8.92. The largest absolute Gasteiger partial charge is 0.497 e. The molecule has 0 radical (unpaired) electrons. The van der Waals surface area contributed by atoms with Crippen LogP contribution < -0.4 is 4.74 Å². The molecular formula is C16H16O4. The molecule has 2 rings (SSSR count). The lowest BCUT2D eigenvalue weighted by atomic mass is 9.98. The summed E-state index contributed by atoms with van der Waals surface area (Å²) >= 11 is 0. The van der Waals surface area contributed by atoms with Crippen LogP contribution in [-0.2, 0) is 11.3 Å². The SMILES string of the molecule is COCc1cc(OC)ccc1-c1ccc(C(=O)O)cc1. The summed E-state index contributed by atoms with van der Waals surface area (Å²) < 4.78 is 10.4. The predicted molar refractivity (Wildman–Crippen MR) is 76.1 cm³/mol. The Kier molecular flexibility index (Phi) is 4.38. The van der Waals surface area contributed by atoms with E-state index in [4.69, 9.17) is 14.6 Å². The molecule has 1 N–H and O–H groups in total. The van der Waals surface area contributed by atoms with Gasteiger partial charge in [0, 0.05) is 7.11 Å². The summed E-state index contributed by atoms with van der Waals surface area (Å²) in [5.74, 6) is -0.161. The van der Waals surface area contributed by atoms with E-state index in [1.807, 2.05) is 18.2 Å². The van der Waals surface area contributed by atoms with Crippen LogP contribution in [0.15, 0.2) is 42.5 Å². The van der Waals surface area contributed by atoms with Gasteiger partial charge in [0.25, 0.3) is 0 Å². The average Bonchev–Trinajstić information content (AvgIpc) is 2.47. The van der Waals surface area contributed by atoms with Gasteiger partial charge < -0.3 is 14.6 Å². The van der Waals surface area contributed by atoms with E-state index >= 15 is 0 Å². The molecule has 0 aromatic heterocycles. The van der Waals surface area contributed by atoms with Crippen molar-refractivity contribution in [1.29, 1.82) is 0 Å². The van der Waals surface area contributed by atoms with E-state index in [0.717, 1.165) is 22.4 Å². The monoisotopic (exact) mass is 272 g/mol. The highest BCUT2D eigenvalue weighted by Crippen LogP contribution is 2.28. The van der Waals surface area contributed by atoms with Crippen molar-refractivity contribution in [2.24, 2.45) is 0 Å². The van der Waals surface area contributed by atoms with Gasteiger partial charge in [0.15, 0.2) is 0 Å². The lowest BCUT2D eigenvalue weighted by Gasteiger charge is -2.11. The number of rotatable bonds is 5. The Morgan fingerprint density at radius 2 is 1.80 bits per heavy atom. The number of carbonyl (C=O) groups is 1. The van der Waals surface area contributed by atoms with Crippen molar-refractivity contribution < 1.29 is 19.4 Å². The molecule has 4 nitrogen and oxygen atoms in total. The van der Waals surface area contributed by atoms with E-state index in [1.54, 1.807) is 38.5 Å². The highest BCUT2D eigenvalue weighted by atomic mass is 16.5. The molecule has 0 saturated heterocycles. The molecule has 0 saturated carbocycles. The van der Waals surface area contributed by atoms with Crippen LogP contribution in [0.1, 0.15) is 15.9 Å².